The summed E-state index contributed by atoms with van der Waals surface area (Å²) in [7, 11) is 1.71. The van der Waals surface area contributed by atoms with Crippen molar-refractivity contribution in [1.82, 2.24) is 0 Å². The van der Waals surface area contributed by atoms with E-state index in [0.717, 1.165) is 5.75 Å². The van der Waals surface area contributed by atoms with Crippen molar-refractivity contribution in [2.75, 3.05) is 20.2 Å². The number of methoxy groups -OCH3 is 1. The van der Waals surface area contributed by atoms with E-state index in [-0.39, 0.29) is 0 Å². The molecule has 2 fully saturated rings. The average molecular weight is 280 g/mol. The summed E-state index contributed by atoms with van der Waals surface area (Å²) in [4.78, 5) is 0. The Morgan fingerprint density at radius 3 is 2.33 bits per heavy atom. The SMILES string of the molecule is COc1ccc(C2SC(=[N+]3CCCCC3)S2)cc1. The summed E-state index contributed by atoms with van der Waals surface area (Å²) in [5, 5.41) is 0. The zero-order valence-corrected chi connectivity index (χ0v) is 12.2. The minimum absolute atomic E-state index is 0.577. The number of thioether (sulfide) groups is 2. The Hall–Kier alpha value is -0.610. The van der Waals surface area contributed by atoms with Gasteiger partial charge in [-0.3, -0.25) is 0 Å². The van der Waals surface area contributed by atoms with Crippen molar-refractivity contribution in [1.29, 1.82) is 0 Å². The highest BCUT2D eigenvalue weighted by Gasteiger charge is 2.36. The predicted molar refractivity (Wildman–Crippen MR) is 79.8 cm³/mol. The lowest BCUT2D eigenvalue weighted by Crippen LogP contribution is -2.27. The van der Waals surface area contributed by atoms with Gasteiger partial charge in [-0.2, -0.15) is 0 Å². The van der Waals surface area contributed by atoms with Crippen LogP contribution in [0, 0.1) is 0 Å². The highest BCUT2D eigenvalue weighted by Crippen LogP contribution is 2.54. The molecule has 3 rings (SSSR count). The number of hydrogen-bond acceptors (Lipinski definition) is 3. The van der Waals surface area contributed by atoms with E-state index in [4.69, 9.17) is 4.74 Å². The molecule has 0 spiro atoms. The molecular formula is C14H18NOS2+. The number of nitrogens with zero attached hydrogens (tertiary/aromatic N) is 1. The molecule has 0 radical (unpaired) electrons. The van der Waals surface area contributed by atoms with Gasteiger partial charge in [-0.15, -0.1) is 0 Å². The molecule has 2 saturated heterocycles. The van der Waals surface area contributed by atoms with Gasteiger partial charge in [0.2, 0.25) is 0 Å². The van der Waals surface area contributed by atoms with E-state index >= 15 is 0 Å². The lowest BCUT2D eigenvalue weighted by Gasteiger charge is -2.26. The summed E-state index contributed by atoms with van der Waals surface area (Å²) in [5.41, 5.74) is 1.39. The van der Waals surface area contributed by atoms with E-state index in [0.29, 0.717) is 4.58 Å². The summed E-state index contributed by atoms with van der Waals surface area (Å²) >= 11 is 4.02. The summed E-state index contributed by atoms with van der Waals surface area (Å²) in [6.45, 7) is 2.51. The van der Waals surface area contributed by atoms with Crippen LogP contribution in [0.25, 0.3) is 0 Å². The third kappa shape index (κ3) is 2.54. The molecule has 0 aliphatic carbocycles. The summed E-state index contributed by atoms with van der Waals surface area (Å²) in [6, 6.07) is 8.46. The van der Waals surface area contributed by atoms with Crippen LogP contribution in [-0.2, 0) is 0 Å². The molecule has 0 aromatic heterocycles. The molecule has 2 aliphatic rings. The minimum atomic E-state index is 0.577. The first-order chi connectivity index (χ1) is 8.86. The van der Waals surface area contributed by atoms with Crippen LogP contribution >= 0.6 is 23.5 Å². The molecular weight excluding hydrogens is 262 g/mol. The molecule has 4 heteroatoms. The van der Waals surface area contributed by atoms with Crippen LogP contribution in [-0.4, -0.2) is 29.2 Å². The van der Waals surface area contributed by atoms with Crippen LogP contribution in [0.1, 0.15) is 29.4 Å². The first kappa shape index (κ1) is 12.4. The normalized spacial score (nSPS) is 23.7. The molecule has 2 aliphatic heterocycles. The van der Waals surface area contributed by atoms with Gasteiger partial charge < -0.3 is 4.74 Å². The van der Waals surface area contributed by atoms with Crippen molar-refractivity contribution in [2.24, 2.45) is 0 Å². The van der Waals surface area contributed by atoms with Crippen molar-refractivity contribution in [3.63, 3.8) is 0 Å². The van der Waals surface area contributed by atoms with Crippen molar-refractivity contribution < 1.29 is 9.31 Å². The van der Waals surface area contributed by atoms with Crippen molar-refractivity contribution >= 4 is 27.9 Å². The van der Waals surface area contributed by atoms with Crippen LogP contribution in [0.15, 0.2) is 24.3 Å². The third-order valence-electron chi connectivity index (χ3n) is 3.42. The lowest BCUT2D eigenvalue weighted by molar-refractivity contribution is -0.532. The number of hydrogen-bond donors (Lipinski definition) is 0. The van der Waals surface area contributed by atoms with Crippen LogP contribution < -0.4 is 4.74 Å². The van der Waals surface area contributed by atoms with Crippen molar-refractivity contribution in [2.45, 2.75) is 23.8 Å². The zero-order chi connectivity index (χ0) is 12.4. The Morgan fingerprint density at radius 1 is 1.06 bits per heavy atom. The fourth-order valence-electron chi connectivity index (χ4n) is 2.31. The van der Waals surface area contributed by atoms with E-state index in [1.165, 1.54) is 42.3 Å². The molecule has 0 unspecified atom stereocenters. The number of ether oxygens (including phenoxy) is 1. The van der Waals surface area contributed by atoms with Gasteiger partial charge in [-0.05, 0) is 47.6 Å². The lowest BCUT2D eigenvalue weighted by atomic mass is 10.2. The van der Waals surface area contributed by atoms with E-state index in [2.05, 4.69) is 28.8 Å². The van der Waals surface area contributed by atoms with E-state index < -0.39 is 0 Å². The second kappa shape index (κ2) is 5.57. The van der Waals surface area contributed by atoms with Crippen LogP contribution in [0.5, 0.6) is 5.75 Å². The maximum Gasteiger partial charge on any atom is 0.272 e. The maximum absolute atomic E-state index is 5.19. The third-order valence-corrected chi connectivity index (χ3v) is 6.46. The molecule has 0 atom stereocenters. The van der Waals surface area contributed by atoms with Crippen LogP contribution in [0.4, 0.5) is 0 Å². The molecule has 1 aromatic carbocycles. The van der Waals surface area contributed by atoms with Gasteiger partial charge in [0.05, 0.1) is 11.7 Å². The quantitative estimate of drug-likeness (QED) is 0.766. The predicted octanol–water partition coefficient (Wildman–Crippen LogP) is 3.73. The van der Waals surface area contributed by atoms with Gasteiger partial charge in [0.15, 0.2) is 0 Å². The minimum Gasteiger partial charge on any atom is -0.497 e. The molecule has 2 nitrogen and oxygen atoms in total. The Bertz CT molecular complexity index is 439. The van der Waals surface area contributed by atoms with E-state index in [1.54, 1.807) is 7.11 Å². The van der Waals surface area contributed by atoms with E-state index in [1.807, 2.05) is 23.5 Å². The number of rotatable bonds is 2. The van der Waals surface area contributed by atoms with Crippen LogP contribution in [0.2, 0.25) is 0 Å². The number of piperidine rings is 1. The highest BCUT2D eigenvalue weighted by molar-refractivity contribution is 8.52. The summed E-state index contributed by atoms with van der Waals surface area (Å²) < 4.78 is 9.84. The van der Waals surface area contributed by atoms with Gasteiger partial charge in [0.25, 0.3) is 4.38 Å². The first-order valence-electron chi connectivity index (χ1n) is 6.46. The topological polar surface area (TPSA) is 12.2 Å². The van der Waals surface area contributed by atoms with Gasteiger partial charge in [0, 0.05) is 12.8 Å². The smallest absolute Gasteiger partial charge is 0.272 e. The Labute approximate surface area is 117 Å². The maximum atomic E-state index is 5.19. The molecule has 96 valence electrons. The fourth-order valence-corrected chi connectivity index (χ4v) is 4.78. The first-order valence-corrected chi connectivity index (χ1v) is 8.22. The Morgan fingerprint density at radius 2 is 1.72 bits per heavy atom. The summed E-state index contributed by atoms with van der Waals surface area (Å²) in [6.07, 6.45) is 4.12. The van der Waals surface area contributed by atoms with Crippen molar-refractivity contribution in [3.8, 4) is 5.75 Å². The number of benzene rings is 1. The zero-order valence-electron chi connectivity index (χ0n) is 10.6. The molecule has 18 heavy (non-hydrogen) atoms. The van der Waals surface area contributed by atoms with Gasteiger partial charge in [0.1, 0.15) is 18.8 Å². The van der Waals surface area contributed by atoms with Gasteiger partial charge >= 0.3 is 0 Å². The van der Waals surface area contributed by atoms with Crippen molar-refractivity contribution in [3.05, 3.63) is 29.8 Å². The Balaban J connectivity index is 1.63. The van der Waals surface area contributed by atoms with Gasteiger partial charge in [-0.25, -0.2) is 4.58 Å². The highest BCUT2D eigenvalue weighted by atomic mass is 32.3. The molecule has 1 aromatic rings. The fraction of sp³-hybridized carbons (Fsp3) is 0.500. The van der Waals surface area contributed by atoms with E-state index in [9.17, 15) is 0 Å². The second-order valence-corrected chi connectivity index (χ2v) is 7.40. The summed E-state index contributed by atoms with van der Waals surface area (Å²) in [5.74, 6) is 0.938. The molecule has 0 N–H and O–H groups in total. The molecule has 0 saturated carbocycles. The molecule has 0 bridgehead atoms. The Kier molecular flexibility index (Phi) is 3.85. The van der Waals surface area contributed by atoms with Crippen LogP contribution in [0.3, 0.4) is 0 Å². The standard InChI is InChI=1S/C14H18NOS2/c1-16-12-7-5-11(6-8-12)13-17-14(18-13)15-9-3-2-4-10-15/h5-8,13H,2-4,9-10H2,1H3/q+1. The monoisotopic (exact) mass is 280 g/mol. The van der Waals surface area contributed by atoms with Gasteiger partial charge in [-0.1, -0.05) is 12.1 Å². The average Bonchev–Trinajstić information content (AvgIpc) is 2.39. The largest absolute Gasteiger partial charge is 0.497 e. The molecule has 0 amide bonds. The second-order valence-electron chi connectivity index (χ2n) is 4.65. The molecule has 2 heterocycles.